The predicted octanol–water partition coefficient (Wildman–Crippen LogP) is 2.68. The van der Waals surface area contributed by atoms with Gasteiger partial charge in [0.15, 0.2) is 5.96 Å². The molecule has 158 valence electrons. The molecule has 1 aromatic heterocycles. The van der Waals surface area contributed by atoms with Gasteiger partial charge in [-0.05, 0) is 48.0 Å². The Balaban J connectivity index is 2.52. The minimum absolute atomic E-state index is 0.400. The molecule has 0 aromatic carbocycles. The smallest absolute Gasteiger partial charge is 0.407 e. The first-order valence-electron chi connectivity index (χ1n) is 9.66. The minimum Gasteiger partial charge on any atom is -0.496 e. The lowest BCUT2D eigenvalue weighted by atomic mass is 10.1. The molecular formula is C20H35N5O3. The number of hydrogen-bond acceptors (Lipinski definition) is 5. The van der Waals surface area contributed by atoms with E-state index in [0.717, 1.165) is 35.5 Å². The number of hydrogen-bond donors (Lipinski definition) is 3. The zero-order chi connectivity index (χ0) is 21.2. The lowest BCUT2D eigenvalue weighted by molar-refractivity contribution is 0.0527. The molecule has 0 atom stereocenters. The molecule has 1 rings (SSSR count). The Morgan fingerprint density at radius 3 is 2.46 bits per heavy atom. The van der Waals surface area contributed by atoms with Crippen LogP contribution < -0.4 is 20.7 Å². The summed E-state index contributed by atoms with van der Waals surface area (Å²) in [4.78, 5) is 20.7. The van der Waals surface area contributed by atoms with Crippen LogP contribution in [0.25, 0.3) is 0 Å². The number of aromatic nitrogens is 1. The molecule has 0 radical (unpaired) electrons. The van der Waals surface area contributed by atoms with Crippen molar-refractivity contribution in [2.75, 3.05) is 26.7 Å². The number of aryl methyl sites for hydroxylation is 1. The fourth-order valence-electron chi connectivity index (χ4n) is 2.53. The summed E-state index contributed by atoms with van der Waals surface area (Å²) in [5.74, 6) is 1.56. The molecule has 0 unspecified atom stereocenters. The van der Waals surface area contributed by atoms with Crippen LogP contribution in [0.4, 0.5) is 4.79 Å². The number of nitrogens with one attached hydrogen (secondary N) is 3. The summed E-state index contributed by atoms with van der Waals surface area (Å²) in [5.41, 5.74) is 2.41. The van der Waals surface area contributed by atoms with Gasteiger partial charge in [-0.3, -0.25) is 4.98 Å². The van der Waals surface area contributed by atoms with Gasteiger partial charge < -0.3 is 25.4 Å². The van der Waals surface area contributed by atoms with Crippen molar-refractivity contribution >= 4 is 12.1 Å². The number of rotatable bonds is 8. The van der Waals surface area contributed by atoms with Crippen molar-refractivity contribution < 1.29 is 14.3 Å². The van der Waals surface area contributed by atoms with Gasteiger partial charge in [-0.2, -0.15) is 0 Å². The van der Waals surface area contributed by atoms with E-state index in [1.165, 1.54) is 0 Å². The van der Waals surface area contributed by atoms with Gasteiger partial charge in [0.1, 0.15) is 11.4 Å². The minimum atomic E-state index is -0.488. The number of amides is 1. The standard InChI is InChI=1S/C20H35N5O3/c1-8-21-18(22-10-9-11-23-19(26)28-20(4,5)6)25-13-16-15(3)17(27-7)14(2)12-24-16/h12H,8-11,13H2,1-7H3,(H,23,26)(H2,21,22,25). The molecule has 0 spiro atoms. The zero-order valence-electron chi connectivity index (χ0n) is 18.2. The van der Waals surface area contributed by atoms with Crippen LogP contribution in [-0.4, -0.2) is 49.4 Å². The number of guanidine groups is 1. The topological polar surface area (TPSA) is 96.9 Å². The number of pyridine rings is 1. The number of carbonyl (C=O) groups excluding carboxylic acids is 1. The third kappa shape index (κ3) is 8.45. The average molecular weight is 394 g/mol. The number of aliphatic imine (C=N–C) groups is 1. The van der Waals surface area contributed by atoms with E-state index >= 15 is 0 Å². The quantitative estimate of drug-likeness (QED) is 0.357. The van der Waals surface area contributed by atoms with E-state index < -0.39 is 11.7 Å². The Bertz CT molecular complexity index is 669. The molecule has 1 heterocycles. The Morgan fingerprint density at radius 1 is 1.18 bits per heavy atom. The summed E-state index contributed by atoms with van der Waals surface area (Å²) < 4.78 is 10.7. The van der Waals surface area contributed by atoms with Gasteiger partial charge in [-0.25, -0.2) is 9.79 Å². The van der Waals surface area contributed by atoms with E-state index in [0.29, 0.717) is 25.6 Å². The highest BCUT2D eigenvalue weighted by atomic mass is 16.6. The maximum Gasteiger partial charge on any atom is 0.407 e. The molecule has 0 bridgehead atoms. The second-order valence-corrected chi connectivity index (χ2v) is 7.45. The molecule has 0 aliphatic heterocycles. The van der Waals surface area contributed by atoms with E-state index in [2.05, 4.69) is 25.9 Å². The van der Waals surface area contributed by atoms with Crippen molar-refractivity contribution in [3.63, 3.8) is 0 Å². The van der Waals surface area contributed by atoms with Crippen LogP contribution in [0.1, 0.15) is 50.9 Å². The summed E-state index contributed by atoms with van der Waals surface area (Å²) >= 11 is 0. The third-order valence-corrected chi connectivity index (χ3v) is 3.80. The molecule has 3 N–H and O–H groups in total. The molecular weight excluding hydrogens is 358 g/mol. The van der Waals surface area contributed by atoms with E-state index in [4.69, 9.17) is 9.47 Å². The first kappa shape index (κ1) is 23.5. The van der Waals surface area contributed by atoms with Gasteiger partial charge in [0.05, 0.1) is 19.3 Å². The third-order valence-electron chi connectivity index (χ3n) is 3.80. The molecule has 1 amide bonds. The van der Waals surface area contributed by atoms with Gasteiger partial charge >= 0.3 is 6.09 Å². The first-order chi connectivity index (χ1) is 13.2. The van der Waals surface area contributed by atoms with Crippen molar-refractivity contribution in [1.29, 1.82) is 0 Å². The second-order valence-electron chi connectivity index (χ2n) is 7.45. The largest absolute Gasteiger partial charge is 0.496 e. The summed E-state index contributed by atoms with van der Waals surface area (Å²) in [6, 6.07) is 0. The van der Waals surface area contributed by atoms with Crippen molar-refractivity contribution in [2.45, 2.75) is 60.1 Å². The molecule has 1 aromatic rings. The Labute approximate surface area is 168 Å². The fraction of sp³-hybridized carbons (Fsp3) is 0.650. The predicted molar refractivity (Wildman–Crippen MR) is 112 cm³/mol. The zero-order valence-corrected chi connectivity index (χ0v) is 18.2. The van der Waals surface area contributed by atoms with Crippen molar-refractivity contribution in [2.24, 2.45) is 4.99 Å². The molecule has 0 aliphatic carbocycles. The second kappa shape index (κ2) is 11.4. The lowest BCUT2D eigenvalue weighted by Gasteiger charge is -2.19. The van der Waals surface area contributed by atoms with E-state index in [1.807, 2.05) is 41.5 Å². The number of nitrogens with zero attached hydrogens (tertiary/aromatic N) is 2. The molecule has 8 nitrogen and oxygen atoms in total. The maximum atomic E-state index is 11.6. The number of ether oxygens (including phenoxy) is 2. The number of carbonyl (C=O) groups is 1. The van der Waals surface area contributed by atoms with Crippen LogP contribution in [-0.2, 0) is 11.3 Å². The molecule has 0 fully saturated rings. The van der Waals surface area contributed by atoms with Crippen molar-refractivity contribution in [1.82, 2.24) is 20.9 Å². The van der Waals surface area contributed by atoms with Crippen molar-refractivity contribution in [3.8, 4) is 5.75 Å². The van der Waals surface area contributed by atoms with Gasteiger partial charge in [-0.15, -0.1) is 0 Å². The van der Waals surface area contributed by atoms with Crippen LogP contribution in [0.15, 0.2) is 11.2 Å². The van der Waals surface area contributed by atoms with Crippen LogP contribution in [0.5, 0.6) is 5.75 Å². The van der Waals surface area contributed by atoms with Crippen LogP contribution >= 0.6 is 0 Å². The number of alkyl carbamates (subject to hydrolysis) is 1. The van der Waals surface area contributed by atoms with Crippen LogP contribution in [0.3, 0.4) is 0 Å². The first-order valence-corrected chi connectivity index (χ1v) is 9.66. The van der Waals surface area contributed by atoms with Crippen LogP contribution in [0.2, 0.25) is 0 Å². The fourth-order valence-corrected chi connectivity index (χ4v) is 2.53. The molecule has 0 aliphatic rings. The Morgan fingerprint density at radius 2 is 1.86 bits per heavy atom. The van der Waals surface area contributed by atoms with E-state index in [-0.39, 0.29) is 0 Å². The summed E-state index contributed by atoms with van der Waals surface area (Å²) in [7, 11) is 1.67. The highest BCUT2D eigenvalue weighted by molar-refractivity contribution is 5.79. The van der Waals surface area contributed by atoms with Crippen LogP contribution in [0, 0.1) is 13.8 Å². The Kier molecular flexibility index (Phi) is 9.55. The van der Waals surface area contributed by atoms with Gasteiger partial charge in [0.25, 0.3) is 0 Å². The van der Waals surface area contributed by atoms with Gasteiger partial charge in [0.2, 0.25) is 0 Å². The van der Waals surface area contributed by atoms with E-state index in [9.17, 15) is 4.79 Å². The van der Waals surface area contributed by atoms with E-state index in [1.54, 1.807) is 13.3 Å². The van der Waals surface area contributed by atoms with Gasteiger partial charge in [-0.1, -0.05) is 0 Å². The SMILES string of the molecule is CCNC(=NCc1ncc(C)c(OC)c1C)NCCCNC(=O)OC(C)(C)C. The van der Waals surface area contributed by atoms with Crippen molar-refractivity contribution in [3.05, 3.63) is 23.0 Å². The highest BCUT2D eigenvalue weighted by Crippen LogP contribution is 2.24. The normalized spacial score (nSPS) is 11.8. The average Bonchev–Trinajstić information content (AvgIpc) is 2.59. The number of methoxy groups -OCH3 is 1. The molecule has 8 heteroatoms. The molecule has 0 saturated heterocycles. The van der Waals surface area contributed by atoms with Gasteiger partial charge in [0, 0.05) is 37.0 Å². The summed E-state index contributed by atoms with van der Waals surface area (Å²) in [6.45, 7) is 13.9. The Hall–Kier alpha value is -2.51. The monoisotopic (exact) mass is 393 g/mol. The molecule has 28 heavy (non-hydrogen) atoms. The summed E-state index contributed by atoms with van der Waals surface area (Å²) in [5, 5.41) is 9.21. The maximum absolute atomic E-state index is 11.6. The highest BCUT2D eigenvalue weighted by Gasteiger charge is 2.15. The molecule has 0 saturated carbocycles. The summed E-state index contributed by atoms with van der Waals surface area (Å²) in [6.07, 6.45) is 2.15. The lowest BCUT2D eigenvalue weighted by Crippen LogP contribution is -2.39.